The molecule has 6 heteroatoms. The first-order chi connectivity index (χ1) is 12.6. The van der Waals surface area contributed by atoms with Crippen LogP contribution in [0.3, 0.4) is 0 Å². The summed E-state index contributed by atoms with van der Waals surface area (Å²) in [5.74, 6) is 2.34. The summed E-state index contributed by atoms with van der Waals surface area (Å²) in [7, 11) is 0.878. The Labute approximate surface area is 182 Å². The number of rotatable bonds is 8. The summed E-state index contributed by atoms with van der Waals surface area (Å²) in [4.78, 5) is 4.25. The predicted molar refractivity (Wildman–Crippen MR) is 128 cm³/mol. The van der Waals surface area contributed by atoms with E-state index in [1.54, 1.807) is 7.05 Å². The summed E-state index contributed by atoms with van der Waals surface area (Å²) in [6.45, 7) is 5.75. The molecule has 0 amide bonds. The van der Waals surface area contributed by atoms with Crippen LogP contribution in [0.4, 0.5) is 0 Å². The molecule has 148 valence electrons. The lowest BCUT2D eigenvalue weighted by Crippen LogP contribution is -2.40. The molecule has 27 heavy (non-hydrogen) atoms. The Kier molecular flexibility index (Phi) is 11.3. The van der Waals surface area contributed by atoms with Gasteiger partial charge in [-0.25, -0.2) is 0 Å². The fraction of sp³-hybridized carbons (Fsp3) is 0.381. The molecule has 0 radical (unpaired) electrons. The quantitative estimate of drug-likeness (QED) is 0.330. The third-order valence-electron chi connectivity index (χ3n) is 4.20. The van der Waals surface area contributed by atoms with Gasteiger partial charge in [-0.05, 0) is 24.0 Å². The van der Waals surface area contributed by atoms with Crippen molar-refractivity contribution in [1.82, 2.24) is 10.6 Å². The van der Waals surface area contributed by atoms with Gasteiger partial charge in [0.1, 0.15) is 0 Å². The average molecular weight is 499 g/mol. The van der Waals surface area contributed by atoms with Crippen molar-refractivity contribution in [2.45, 2.75) is 25.5 Å². The van der Waals surface area contributed by atoms with Gasteiger partial charge in [0, 0.05) is 42.4 Å². The van der Waals surface area contributed by atoms with E-state index in [2.05, 4.69) is 53.7 Å². The predicted octanol–water partition coefficient (Wildman–Crippen LogP) is 3.83. The van der Waals surface area contributed by atoms with E-state index in [9.17, 15) is 4.21 Å². The van der Waals surface area contributed by atoms with Crippen molar-refractivity contribution in [1.29, 1.82) is 0 Å². The standard InChI is InChI=1S/C21H29N3OS.HI/c1-17-8-7-11-20(14-17)18(2)15-24-21(22-3)23-12-13-26(25)16-19-9-5-4-6-10-19;/h4-11,14,18H,12-13,15-16H2,1-3H3,(H2,22,23,24);1H. The SMILES string of the molecule is CN=C(NCCS(=O)Cc1ccccc1)NCC(C)c1cccc(C)c1.I. The Bertz CT molecular complexity index is 737. The number of aliphatic imine (C=N–C) groups is 1. The number of nitrogens with one attached hydrogen (secondary N) is 2. The number of benzene rings is 2. The Morgan fingerprint density at radius 1 is 1.11 bits per heavy atom. The summed E-state index contributed by atoms with van der Waals surface area (Å²) in [6.07, 6.45) is 0. The van der Waals surface area contributed by atoms with E-state index in [-0.39, 0.29) is 24.0 Å². The molecule has 0 fully saturated rings. The summed E-state index contributed by atoms with van der Waals surface area (Å²) in [5.41, 5.74) is 3.70. The molecule has 0 aromatic heterocycles. The van der Waals surface area contributed by atoms with Gasteiger partial charge >= 0.3 is 0 Å². The van der Waals surface area contributed by atoms with E-state index in [0.29, 0.717) is 24.0 Å². The highest BCUT2D eigenvalue weighted by atomic mass is 127. The number of aryl methyl sites for hydroxylation is 1. The van der Waals surface area contributed by atoms with E-state index < -0.39 is 10.8 Å². The monoisotopic (exact) mass is 499 g/mol. The molecular formula is C21H30IN3OS. The highest BCUT2D eigenvalue weighted by Crippen LogP contribution is 2.15. The number of halogens is 1. The second-order valence-electron chi connectivity index (χ2n) is 6.47. The summed E-state index contributed by atoms with van der Waals surface area (Å²) in [6, 6.07) is 18.5. The van der Waals surface area contributed by atoms with E-state index in [1.807, 2.05) is 30.3 Å². The van der Waals surface area contributed by atoms with Crippen molar-refractivity contribution in [3.8, 4) is 0 Å². The van der Waals surface area contributed by atoms with Crippen LogP contribution in [0.15, 0.2) is 59.6 Å². The third kappa shape index (κ3) is 8.88. The zero-order chi connectivity index (χ0) is 18.8. The maximum Gasteiger partial charge on any atom is 0.191 e. The highest BCUT2D eigenvalue weighted by molar-refractivity contribution is 14.0. The minimum atomic E-state index is -0.880. The maximum atomic E-state index is 12.2. The first-order valence-electron chi connectivity index (χ1n) is 8.98. The van der Waals surface area contributed by atoms with Gasteiger partial charge in [-0.3, -0.25) is 9.20 Å². The number of hydrogen-bond donors (Lipinski definition) is 2. The van der Waals surface area contributed by atoms with Crippen LogP contribution in [0, 0.1) is 6.92 Å². The second kappa shape index (κ2) is 12.9. The topological polar surface area (TPSA) is 53.5 Å². The molecule has 2 rings (SSSR count). The van der Waals surface area contributed by atoms with Gasteiger partial charge in [-0.15, -0.1) is 24.0 Å². The van der Waals surface area contributed by atoms with Crippen molar-refractivity contribution in [2.24, 2.45) is 4.99 Å². The van der Waals surface area contributed by atoms with Crippen molar-refractivity contribution < 1.29 is 4.21 Å². The van der Waals surface area contributed by atoms with E-state index >= 15 is 0 Å². The molecule has 2 aromatic rings. The molecule has 2 unspecified atom stereocenters. The molecule has 4 nitrogen and oxygen atoms in total. The first kappa shape index (κ1) is 23.6. The van der Waals surface area contributed by atoms with Crippen molar-refractivity contribution in [3.05, 3.63) is 71.3 Å². The van der Waals surface area contributed by atoms with Crippen LogP contribution in [-0.4, -0.2) is 36.1 Å². The second-order valence-corrected chi connectivity index (χ2v) is 8.05. The lowest BCUT2D eigenvalue weighted by atomic mass is 9.99. The van der Waals surface area contributed by atoms with Gasteiger partial charge in [0.15, 0.2) is 5.96 Å². The summed E-state index contributed by atoms with van der Waals surface area (Å²) >= 11 is 0. The number of guanidine groups is 1. The summed E-state index contributed by atoms with van der Waals surface area (Å²) in [5, 5.41) is 6.60. The van der Waals surface area contributed by atoms with Crippen LogP contribution in [0.2, 0.25) is 0 Å². The third-order valence-corrected chi connectivity index (χ3v) is 5.52. The van der Waals surface area contributed by atoms with Crippen LogP contribution in [0.5, 0.6) is 0 Å². The molecule has 2 N–H and O–H groups in total. The zero-order valence-corrected chi connectivity index (χ0v) is 19.4. The van der Waals surface area contributed by atoms with Gasteiger partial charge in [0.25, 0.3) is 0 Å². The van der Waals surface area contributed by atoms with Crippen LogP contribution < -0.4 is 10.6 Å². The van der Waals surface area contributed by atoms with Crippen molar-refractivity contribution in [3.63, 3.8) is 0 Å². The van der Waals surface area contributed by atoms with Crippen LogP contribution >= 0.6 is 24.0 Å². The number of nitrogens with zero attached hydrogens (tertiary/aromatic N) is 1. The molecule has 0 bridgehead atoms. The number of hydrogen-bond acceptors (Lipinski definition) is 2. The molecule has 0 aliphatic heterocycles. The molecule has 0 saturated carbocycles. The Morgan fingerprint density at radius 3 is 2.52 bits per heavy atom. The average Bonchev–Trinajstić information content (AvgIpc) is 2.65. The molecule has 2 atom stereocenters. The highest BCUT2D eigenvalue weighted by Gasteiger charge is 2.07. The maximum absolute atomic E-state index is 12.2. The molecule has 0 aliphatic rings. The van der Waals surface area contributed by atoms with Gasteiger partial charge in [0.05, 0.1) is 0 Å². The lowest BCUT2D eigenvalue weighted by Gasteiger charge is -2.16. The fourth-order valence-electron chi connectivity index (χ4n) is 2.68. The van der Waals surface area contributed by atoms with Gasteiger partial charge in [-0.2, -0.15) is 0 Å². The van der Waals surface area contributed by atoms with E-state index in [4.69, 9.17) is 0 Å². The van der Waals surface area contributed by atoms with Crippen LogP contribution in [-0.2, 0) is 16.6 Å². The van der Waals surface area contributed by atoms with Crippen molar-refractivity contribution >= 4 is 40.7 Å². The van der Waals surface area contributed by atoms with Gasteiger partial charge in [0.2, 0.25) is 0 Å². The van der Waals surface area contributed by atoms with Crippen LogP contribution in [0.1, 0.15) is 29.5 Å². The Morgan fingerprint density at radius 2 is 1.85 bits per heavy atom. The smallest absolute Gasteiger partial charge is 0.191 e. The molecule has 0 aliphatic carbocycles. The van der Waals surface area contributed by atoms with Crippen molar-refractivity contribution in [2.75, 3.05) is 25.9 Å². The molecule has 0 heterocycles. The minimum Gasteiger partial charge on any atom is -0.356 e. The molecule has 0 saturated heterocycles. The first-order valence-corrected chi connectivity index (χ1v) is 10.5. The van der Waals surface area contributed by atoms with Gasteiger partial charge < -0.3 is 10.6 Å². The summed E-state index contributed by atoms with van der Waals surface area (Å²) < 4.78 is 12.2. The Hall–Kier alpha value is -1.41. The fourth-order valence-corrected chi connectivity index (χ4v) is 3.72. The van der Waals surface area contributed by atoms with Crippen LogP contribution in [0.25, 0.3) is 0 Å². The van der Waals surface area contributed by atoms with E-state index in [0.717, 1.165) is 18.1 Å². The molecular weight excluding hydrogens is 469 g/mol. The molecule has 0 spiro atoms. The normalized spacial score (nSPS) is 13.4. The molecule has 2 aromatic carbocycles. The zero-order valence-electron chi connectivity index (χ0n) is 16.3. The van der Waals surface area contributed by atoms with Gasteiger partial charge in [-0.1, -0.05) is 67.1 Å². The minimum absolute atomic E-state index is 0. The Balaban J connectivity index is 0.00000364. The van der Waals surface area contributed by atoms with E-state index in [1.165, 1.54) is 11.1 Å². The lowest BCUT2D eigenvalue weighted by molar-refractivity contribution is 0.679. The largest absolute Gasteiger partial charge is 0.356 e.